The monoisotopic (exact) mass is 947 g/mol. The number of nitrogens with one attached hydrogen (secondary N) is 7. The standard InChI is InChI=1S/C41H53N7O17S/c1-19(49)43-29(16-32(52)53)38(59)47-28(15-23(39(60)61)40(62)63)37(58)46-27(14-21-17-42-24-10-6-5-9-22(21)24)36(57)44-25(11-12-31(50)51)34(55)45-26(13-20-7-3-2-4-8-20)35(56)48-30(18-66)33(54)41(64)65/h5-6,9-10,17,20,23,25-30,42,66H,2-4,7-8,11-16,18H2,1H3,(H,43,49)(H,44,57)(H,45,55)(H,46,58)(H,47,59)(H,48,56)(H,50,51)(H,52,53)(H,60,61)(H,62,63)(H,64,65)/t25-,26-,27-,28+,29-,30-/m0/s1. The molecule has 12 N–H and O–H groups in total. The molecule has 6 amide bonds. The van der Waals surface area contributed by atoms with Crippen molar-refractivity contribution in [2.75, 3.05) is 5.75 Å². The molecule has 0 spiro atoms. The molecular weight excluding hydrogens is 895 g/mol. The van der Waals surface area contributed by atoms with E-state index < -0.39 is 151 Å². The third-order valence-corrected chi connectivity index (χ3v) is 11.1. The number of para-hydroxylation sites is 1. The van der Waals surface area contributed by atoms with Crippen molar-refractivity contribution in [1.82, 2.24) is 36.9 Å². The fourth-order valence-corrected chi connectivity index (χ4v) is 7.62. The zero-order valence-electron chi connectivity index (χ0n) is 35.6. The van der Waals surface area contributed by atoms with Gasteiger partial charge in [0.2, 0.25) is 35.4 Å². The number of aromatic amines is 1. The quantitative estimate of drug-likeness (QED) is 0.0281. The first-order chi connectivity index (χ1) is 31.1. The highest BCUT2D eigenvalue weighted by Gasteiger charge is 2.38. The van der Waals surface area contributed by atoms with Gasteiger partial charge in [-0.3, -0.25) is 52.7 Å². The normalized spacial score (nSPS) is 15.4. The van der Waals surface area contributed by atoms with Gasteiger partial charge in [0.05, 0.1) is 6.42 Å². The molecule has 0 bridgehead atoms. The average Bonchev–Trinajstić information content (AvgIpc) is 3.66. The maximum Gasteiger partial charge on any atom is 0.374 e. The molecular formula is C41H53N7O17S. The summed E-state index contributed by atoms with van der Waals surface area (Å²) in [4.78, 5) is 155. The molecule has 1 saturated carbocycles. The number of aliphatic carboxylic acids is 5. The smallest absolute Gasteiger partial charge is 0.374 e. The van der Waals surface area contributed by atoms with Gasteiger partial charge in [-0.1, -0.05) is 50.3 Å². The van der Waals surface area contributed by atoms with E-state index in [0.29, 0.717) is 29.3 Å². The topological polar surface area (TPSA) is 394 Å². The molecule has 0 radical (unpaired) electrons. The van der Waals surface area contributed by atoms with Crippen molar-refractivity contribution >= 4 is 94.6 Å². The van der Waals surface area contributed by atoms with Gasteiger partial charge in [-0.05, 0) is 30.4 Å². The van der Waals surface area contributed by atoms with Crippen LogP contribution in [0.15, 0.2) is 30.5 Å². The van der Waals surface area contributed by atoms with E-state index in [0.717, 1.165) is 26.2 Å². The number of fused-ring (bicyclic) bond motifs is 1. The number of carboxylic acids is 5. The molecule has 1 aliphatic rings. The first kappa shape index (κ1) is 53.3. The molecule has 2 aromatic rings. The second-order valence-electron chi connectivity index (χ2n) is 15.7. The first-order valence-electron chi connectivity index (χ1n) is 20.7. The zero-order valence-corrected chi connectivity index (χ0v) is 36.5. The minimum absolute atomic E-state index is 0.00696. The van der Waals surface area contributed by atoms with Crippen LogP contribution in [-0.2, 0) is 64.0 Å². The molecule has 1 aliphatic carbocycles. The van der Waals surface area contributed by atoms with Crippen LogP contribution in [0.1, 0.15) is 76.7 Å². The van der Waals surface area contributed by atoms with Crippen LogP contribution < -0.4 is 31.9 Å². The number of Topliss-reactive ketones (excluding diaryl/α,β-unsaturated/α-hetero) is 1. The summed E-state index contributed by atoms with van der Waals surface area (Å²) in [5, 5.41) is 61.6. The Bertz CT molecular complexity index is 2140. The Morgan fingerprint density at radius 2 is 1.18 bits per heavy atom. The van der Waals surface area contributed by atoms with Gasteiger partial charge in [-0.2, -0.15) is 12.6 Å². The van der Waals surface area contributed by atoms with E-state index in [1.54, 1.807) is 24.3 Å². The van der Waals surface area contributed by atoms with Crippen molar-refractivity contribution in [2.24, 2.45) is 11.8 Å². The van der Waals surface area contributed by atoms with Crippen LogP contribution in [0.25, 0.3) is 10.9 Å². The van der Waals surface area contributed by atoms with Crippen LogP contribution in [0.3, 0.4) is 0 Å². The highest BCUT2D eigenvalue weighted by Crippen LogP contribution is 2.28. The fraction of sp³-hybridized carbons (Fsp3) is 0.512. The van der Waals surface area contributed by atoms with E-state index in [9.17, 15) is 83.1 Å². The third-order valence-electron chi connectivity index (χ3n) is 10.7. The van der Waals surface area contributed by atoms with E-state index in [1.807, 2.05) is 0 Å². The van der Waals surface area contributed by atoms with Crippen LogP contribution in [0.2, 0.25) is 0 Å². The first-order valence-corrected chi connectivity index (χ1v) is 21.4. The van der Waals surface area contributed by atoms with Gasteiger partial charge < -0.3 is 62.4 Å². The molecule has 3 rings (SSSR count). The summed E-state index contributed by atoms with van der Waals surface area (Å²) >= 11 is 3.97. The number of carboxylic acid groups (broad SMARTS) is 5. The van der Waals surface area contributed by atoms with Gasteiger partial charge in [0.1, 0.15) is 36.3 Å². The van der Waals surface area contributed by atoms with Crippen LogP contribution >= 0.6 is 12.6 Å². The Hall–Kier alpha value is -7.05. The Kier molecular flexibility index (Phi) is 20.5. The van der Waals surface area contributed by atoms with Crippen molar-refractivity contribution < 1.29 is 83.1 Å². The molecule has 0 unspecified atom stereocenters. The van der Waals surface area contributed by atoms with E-state index in [4.69, 9.17) is 0 Å². The summed E-state index contributed by atoms with van der Waals surface area (Å²) in [5.74, 6) is -19.8. The summed E-state index contributed by atoms with van der Waals surface area (Å²) in [7, 11) is 0. The summed E-state index contributed by atoms with van der Waals surface area (Å²) in [6.07, 6.45) is 1.41. The molecule has 360 valence electrons. The van der Waals surface area contributed by atoms with Crippen molar-refractivity contribution in [2.45, 2.75) is 114 Å². The number of hydrogen-bond acceptors (Lipinski definition) is 13. The number of aromatic nitrogens is 1. The number of ketones is 1. The lowest BCUT2D eigenvalue weighted by Gasteiger charge is -2.29. The van der Waals surface area contributed by atoms with Crippen LogP contribution in [0.4, 0.5) is 0 Å². The Morgan fingerprint density at radius 3 is 1.76 bits per heavy atom. The average molecular weight is 948 g/mol. The summed E-state index contributed by atoms with van der Waals surface area (Å²) < 4.78 is 0. The Labute approximate surface area is 381 Å². The van der Waals surface area contributed by atoms with Crippen molar-refractivity contribution in [3.8, 4) is 0 Å². The van der Waals surface area contributed by atoms with Crippen LogP contribution in [-0.4, -0.2) is 144 Å². The van der Waals surface area contributed by atoms with Crippen molar-refractivity contribution in [1.29, 1.82) is 0 Å². The third kappa shape index (κ3) is 16.5. The predicted octanol–water partition coefficient (Wildman–Crippen LogP) is -1.29. The van der Waals surface area contributed by atoms with E-state index in [-0.39, 0.29) is 12.3 Å². The highest BCUT2D eigenvalue weighted by atomic mass is 32.1. The SMILES string of the molecule is CC(=O)N[C@@H](CC(=O)O)C(=O)N[C@H](CC(C(=O)O)C(=O)O)C(=O)N[C@@H](Cc1c[nH]c2ccccc12)C(=O)N[C@@H](CCC(=O)O)C(=O)N[C@@H](CC1CCCCC1)C(=O)N[C@@H](CS)C(=O)C(=O)O. The second kappa shape index (κ2) is 25.4. The van der Waals surface area contributed by atoms with Crippen LogP contribution in [0, 0.1) is 11.8 Å². The van der Waals surface area contributed by atoms with Gasteiger partial charge in [0, 0.05) is 49.0 Å². The van der Waals surface area contributed by atoms with Gasteiger partial charge >= 0.3 is 29.8 Å². The highest BCUT2D eigenvalue weighted by molar-refractivity contribution is 7.80. The number of benzene rings is 1. The number of carbonyl (C=O) groups excluding carboxylic acids is 7. The summed E-state index contributed by atoms with van der Waals surface area (Å²) in [5.41, 5.74) is 0.945. The van der Waals surface area contributed by atoms with Gasteiger partial charge in [-0.15, -0.1) is 0 Å². The molecule has 66 heavy (non-hydrogen) atoms. The van der Waals surface area contributed by atoms with Gasteiger partial charge in [0.25, 0.3) is 5.78 Å². The summed E-state index contributed by atoms with van der Waals surface area (Å²) in [6.45, 7) is 0.949. The number of amides is 6. The number of thiol groups is 1. The lowest BCUT2D eigenvalue weighted by Crippen LogP contribution is -2.60. The number of rotatable bonds is 27. The molecule has 6 atom stereocenters. The van der Waals surface area contributed by atoms with Crippen molar-refractivity contribution in [3.05, 3.63) is 36.0 Å². The number of H-pyrrole nitrogens is 1. The van der Waals surface area contributed by atoms with Gasteiger partial charge in [0.15, 0.2) is 5.92 Å². The molecule has 1 aromatic heterocycles. The Balaban J connectivity index is 2.05. The predicted molar refractivity (Wildman–Crippen MR) is 229 cm³/mol. The fourth-order valence-electron chi connectivity index (χ4n) is 7.36. The Morgan fingerprint density at radius 1 is 0.652 bits per heavy atom. The van der Waals surface area contributed by atoms with Gasteiger partial charge in [-0.25, -0.2) is 4.79 Å². The zero-order chi connectivity index (χ0) is 49.2. The van der Waals surface area contributed by atoms with E-state index >= 15 is 0 Å². The largest absolute Gasteiger partial charge is 0.481 e. The van der Waals surface area contributed by atoms with Crippen LogP contribution in [0.5, 0.6) is 0 Å². The minimum atomic E-state index is -2.35. The number of hydrogen-bond donors (Lipinski definition) is 13. The maximum absolute atomic E-state index is 14.4. The molecule has 0 saturated heterocycles. The lowest BCUT2D eigenvalue weighted by molar-refractivity contribution is -0.155. The molecule has 24 nitrogen and oxygen atoms in total. The van der Waals surface area contributed by atoms with E-state index in [2.05, 4.69) is 49.5 Å². The number of carbonyl (C=O) groups is 12. The maximum atomic E-state index is 14.4. The molecule has 1 aromatic carbocycles. The lowest BCUT2D eigenvalue weighted by atomic mass is 9.84. The van der Waals surface area contributed by atoms with E-state index in [1.165, 1.54) is 6.20 Å². The van der Waals surface area contributed by atoms with Crippen molar-refractivity contribution in [3.63, 3.8) is 0 Å². The molecule has 1 fully saturated rings. The molecule has 0 aliphatic heterocycles. The summed E-state index contributed by atoms with van der Waals surface area (Å²) in [6, 6.07) is -3.85. The minimum Gasteiger partial charge on any atom is -0.481 e. The second-order valence-corrected chi connectivity index (χ2v) is 16.1. The molecule has 25 heteroatoms. The molecule has 1 heterocycles.